The number of hydrogen-bond acceptors (Lipinski definition) is 4. The highest BCUT2D eigenvalue weighted by molar-refractivity contribution is 7.93. The Morgan fingerprint density at radius 3 is 2.48 bits per heavy atom. The van der Waals surface area contributed by atoms with Gasteiger partial charge < -0.3 is 5.73 Å². The van der Waals surface area contributed by atoms with Crippen molar-refractivity contribution < 1.29 is 21.6 Å². The Morgan fingerprint density at radius 2 is 1.90 bits per heavy atom. The van der Waals surface area contributed by atoms with Gasteiger partial charge in [-0.05, 0) is 25.1 Å². The molecule has 0 saturated carbocycles. The van der Waals surface area contributed by atoms with E-state index in [1.54, 1.807) is 6.92 Å². The number of halogens is 3. The quantitative estimate of drug-likeness (QED) is 0.843. The molecular weight excluding hydrogens is 325 g/mol. The van der Waals surface area contributed by atoms with Gasteiger partial charge in [-0.25, -0.2) is 21.6 Å². The minimum Gasteiger partial charge on any atom is -0.326 e. The van der Waals surface area contributed by atoms with Gasteiger partial charge in [0.25, 0.3) is 10.0 Å². The van der Waals surface area contributed by atoms with Crippen molar-refractivity contribution in [3.63, 3.8) is 0 Å². The molecule has 114 valence electrons. The Labute approximate surface area is 123 Å². The SMILES string of the molecule is Cc1sc(CN)cc1S(=O)(=O)Nc1ccc(F)c(F)c1F. The smallest absolute Gasteiger partial charge is 0.263 e. The molecule has 0 bridgehead atoms. The molecule has 2 rings (SSSR count). The maximum absolute atomic E-state index is 13.5. The van der Waals surface area contributed by atoms with E-state index in [0.717, 1.165) is 6.07 Å². The Balaban J connectivity index is 2.42. The number of anilines is 1. The predicted molar refractivity (Wildman–Crippen MR) is 74.1 cm³/mol. The minimum absolute atomic E-state index is 0.0721. The molecule has 0 aliphatic carbocycles. The van der Waals surface area contributed by atoms with E-state index >= 15 is 0 Å². The summed E-state index contributed by atoms with van der Waals surface area (Å²) in [5, 5.41) is 0. The zero-order chi connectivity index (χ0) is 15.8. The van der Waals surface area contributed by atoms with Gasteiger partial charge in [-0.15, -0.1) is 11.3 Å². The van der Waals surface area contributed by atoms with Gasteiger partial charge in [0.05, 0.1) is 5.69 Å². The van der Waals surface area contributed by atoms with Crippen LogP contribution in [0.3, 0.4) is 0 Å². The highest BCUT2D eigenvalue weighted by Crippen LogP contribution is 2.28. The van der Waals surface area contributed by atoms with Crippen molar-refractivity contribution in [3.8, 4) is 0 Å². The van der Waals surface area contributed by atoms with Crippen molar-refractivity contribution in [2.75, 3.05) is 4.72 Å². The molecule has 1 heterocycles. The van der Waals surface area contributed by atoms with Gasteiger partial charge >= 0.3 is 0 Å². The Morgan fingerprint density at radius 1 is 1.24 bits per heavy atom. The Hall–Kier alpha value is -1.58. The molecule has 0 radical (unpaired) electrons. The van der Waals surface area contributed by atoms with Crippen LogP contribution in [0, 0.1) is 24.4 Å². The van der Waals surface area contributed by atoms with E-state index in [0.29, 0.717) is 15.8 Å². The van der Waals surface area contributed by atoms with Crippen molar-refractivity contribution in [1.29, 1.82) is 0 Å². The molecule has 0 aliphatic heterocycles. The van der Waals surface area contributed by atoms with Crippen LogP contribution >= 0.6 is 11.3 Å². The Kier molecular flexibility index (Phi) is 4.26. The predicted octanol–water partition coefficient (Wildman–Crippen LogP) is 2.73. The summed E-state index contributed by atoms with van der Waals surface area (Å²) in [6.07, 6.45) is 0. The number of aryl methyl sites for hydroxylation is 1. The summed E-state index contributed by atoms with van der Waals surface area (Å²) in [5.41, 5.74) is 4.77. The number of hydrogen-bond donors (Lipinski definition) is 2. The lowest BCUT2D eigenvalue weighted by molar-refractivity contribution is 0.449. The minimum atomic E-state index is -4.11. The van der Waals surface area contributed by atoms with Crippen LogP contribution in [0.1, 0.15) is 9.75 Å². The molecule has 2 aromatic rings. The van der Waals surface area contributed by atoms with E-state index in [2.05, 4.69) is 0 Å². The molecule has 1 aromatic heterocycles. The van der Waals surface area contributed by atoms with E-state index in [1.807, 2.05) is 4.72 Å². The molecule has 0 aliphatic rings. The first-order valence-electron chi connectivity index (χ1n) is 5.72. The van der Waals surface area contributed by atoms with Gasteiger partial charge in [0.2, 0.25) is 0 Å². The van der Waals surface area contributed by atoms with Crippen molar-refractivity contribution in [2.24, 2.45) is 5.73 Å². The van der Waals surface area contributed by atoms with E-state index in [1.165, 1.54) is 17.4 Å². The fourth-order valence-corrected chi connectivity index (χ4v) is 4.27. The molecule has 0 spiro atoms. The lowest BCUT2D eigenvalue weighted by atomic mass is 10.3. The average molecular weight is 336 g/mol. The van der Waals surface area contributed by atoms with Crippen LogP contribution in [0.15, 0.2) is 23.1 Å². The summed E-state index contributed by atoms with van der Waals surface area (Å²) in [6, 6.07) is 2.82. The first-order chi connectivity index (χ1) is 9.76. The maximum Gasteiger partial charge on any atom is 0.263 e. The standard InChI is InChI=1S/C12H11F3N2O2S2/c1-6-10(4-7(5-16)20-6)21(18,19)17-9-3-2-8(13)11(14)12(9)15/h2-4,17H,5,16H2,1H3. The summed E-state index contributed by atoms with van der Waals surface area (Å²) in [6.45, 7) is 1.74. The lowest BCUT2D eigenvalue weighted by Gasteiger charge is -2.09. The second-order valence-electron chi connectivity index (χ2n) is 4.17. The Bertz CT molecular complexity index is 788. The molecule has 3 N–H and O–H groups in total. The summed E-state index contributed by atoms with van der Waals surface area (Å²) in [5.74, 6) is -4.72. The van der Waals surface area contributed by atoms with Gasteiger partial charge in [-0.1, -0.05) is 0 Å². The third-order valence-electron chi connectivity index (χ3n) is 2.69. The van der Waals surface area contributed by atoms with Crippen LogP contribution in [0.2, 0.25) is 0 Å². The van der Waals surface area contributed by atoms with Gasteiger partial charge in [-0.2, -0.15) is 0 Å². The highest BCUT2D eigenvalue weighted by Gasteiger charge is 2.23. The molecule has 21 heavy (non-hydrogen) atoms. The van der Waals surface area contributed by atoms with Crippen LogP contribution in [0.4, 0.5) is 18.9 Å². The van der Waals surface area contributed by atoms with Crippen LogP contribution in [0.25, 0.3) is 0 Å². The molecule has 9 heteroatoms. The summed E-state index contributed by atoms with van der Waals surface area (Å²) in [7, 11) is -4.11. The molecule has 1 aromatic carbocycles. The van der Waals surface area contributed by atoms with Crippen molar-refractivity contribution in [3.05, 3.63) is 45.4 Å². The van der Waals surface area contributed by atoms with Gasteiger partial charge in [0, 0.05) is 16.3 Å². The molecule has 0 amide bonds. The fourth-order valence-electron chi connectivity index (χ4n) is 1.70. The third-order valence-corrected chi connectivity index (χ3v) is 5.39. The zero-order valence-corrected chi connectivity index (χ0v) is 12.4. The molecule has 0 unspecified atom stereocenters. The molecule has 0 saturated heterocycles. The van der Waals surface area contributed by atoms with Crippen molar-refractivity contribution >= 4 is 27.0 Å². The number of nitrogens with two attached hydrogens (primary N) is 1. The van der Waals surface area contributed by atoms with E-state index in [9.17, 15) is 21.6 Å². The van der Waals surface area contributed by atoms with Crippen molar-refractivity contribution in [2.45, 2.75) is 18.4 Å². The van der Waals surface area contributed by atoms with Gasteiger partial charge in [0.15, 0.2) is 17.5 Å². The first-order valence-corrected chi connectivity index (χ1v) is 8.02. The first kappa shape index (κ1) is 15.8. The van der Waals surface area contributed by atoms with E-state index in [4.69, 9.17) is 5.73 Å². The molecule has 0 fully saturated rings. The number of rotatable bonds is 4. The lowest BCUT2D eigenvalue weighted by Crippen LogP contribution is -2.15. The zero-order valence-electron chi connectivity index (χ0n) is 10.8. The van der Waals surface area contributed by atoms with Crippen LogP contribution in [-0.4, -0.2) is 8.42 Å². The molecular formula is C12H11F3N2O2S2. The number of thiophene rings is 1. The summed E-state index contributed by atoms with van der Waals surface area (Å²) >= 11 is 1.19. The molecule has 4 nitrogen and oxygen atoms in total. The second-order valence-corrected chi connectivity index (χ2v) is 7.16. The summed E-state index contributed by atoms with van der Waals surface area (Å²) in [4.78, 5) is 1.03. The average Bonchev–Trinajstić information content (AvgIpc) is 2.81. The number of sulfonamides is 1. The number of nitrogens with one attached hydrogen (secondary N) is 1. The molecule has 0 atom stereocenters. The summed E-state index contributed by atoms with van der Waals surface area (Å²) < 4.78 is 65.7. The fraction of sp³-hybridized carbons (Fsp3) is 0.167. The second kappa shape index (κ2) is 5.66. The van der Waals surface area contributed by atoms with Crippen LogP contribution < -0.4 is 10.5 Å². The maximum atomic E-state index is 13.5. The number of benzene rings is 1. The van der Waals surface area contributed by atoms with Gasteiger partial charge in [0.1, 0.15) is 4.90 Å². The van der Waals surface area contributed by atoms with E-state index in [-0.39, 0.29) is 11.4 Å². The highest BCUT2D eigenvalue weighted by atomic mass is 32.2. The van der Waals surface area contributed by atoms with E-state index < -0.39 is 33.2 Å². The van der Waals surface area contributed by atoms with Crippen LogP contribution in [-0.2, 0) is 16.6 Å². The third kappa shape index (κ3) is 3.04. The van der Waals surface area contributed by atoms with Gasteiger partial charge in [-0.3, -0.25) is 4.72 Å². The van der Waals surface area contributed by atoms with Crippen molar-refractivity contribution in [1.82, 2.24) is 0 Å². The largest absolute Gasteiger partial charge is 0.326 e. The monoisotopic (exact) mass is 336 g/mol. The topological polar surface area (TPSA) is 72.2 Å². The normalized spacial score (nSPS) is 11.7. The van der Waals surface area contributed by atoms with Crippen LogP contribution in [0.5, 0.6) is 0 Å².